The summed E-state index contributed by atoms with van der Waals surface area (Å²) in [7, 11) is 5.17. The highest BCUT2D eigenvalue weighted by atomic mass is 16.5. The lowest BCUT2D eigenvalue weighted by Crippen LogP contribution is -2.19. The zero-order valence-electron chi connectivity index (χ0n) is 10.7. The summed E-state index contributed by atoms with van der Waals surface area (Å²) in [6, 6.07) is 0. The Morgan fingerprint density at radius 3 is 2.53 bits per heavy atom. The van der Waals surface area contributed by atoms with E-state index in [0.717, 1.165) is 5.69 Å². The first-order chi connectivity index (χ1) is 9.08. The Morgan fingerprint density at radius 2 is 1.95 bits per heavy atom. The minimum Gasteiger partial charge on any atom is -0.332 e. The minimum atomic E-state index is -0.143. The zero-order chi connectivity index (χ0) is 13.6. The number of imidazole rings is 2. The first-order valence-electron chi connectivity index (χ1n) is 5.61. The van der Waals surface area contributed by atoms with E-state index in [2.05, 4.69) is 15.1 Å². The van der Waals surface area contributed by atoms with E-state index in [0.29, 0.717) is 17.4 Å². The lowest BCUT2D eigenvalue weighted by Gasteiger charge is -1.94. The van der Waals surface area contributed by atoms with Crippen LogP contribution in [0.1, 0.15) is 0 Å². The number of hydrogen-bond acceptors (Lipinski definition) is 5. The lowest BCUT2D eigenvalue weighted by atomic mass is 10.4. The first kappa shape index (κ1) is 11.5. The second kappa shape index (κ2) is 3.94. The van der Waals surface area contributed by atoms with Gasteiger partial charge in [0.1, 0.15) is 11.4 Å². The molecular formula is C11H12N6O2. The quantitative estimate of drug-likeness (QED) is 0.656. The third kappa shape index (κ3) is 1.68. The SMILES string of the molecule is Cn1cncc1-c1noc(-c2cn(C)c(=O)n2C)n1. The first-order valence-corrected chi connectivity index (χ1v) is 5.61. The summed E-state index contributed by atoms with van der Waals surface area (Å²) in [6.07, 6.45) is 4.96. The van der Waals surface area contributed by atoms with Crippen molar-refractivity contribution in [1.29, 1.82) is 0 Å². The van der Waals surface area contributed by atoms with E-state index in [1.54, 1.807) is 37.4 Å². The van der Waals surface area contributed by atoms with E-state index >= 15 is 0 Å². The molecule has 3 aromatic heterocycles. The van der Waals surface area contributed by atoms with Crippen LogP contribution < -0.4 is 5.69 Å². The topological polar surface area (TPSA) is 83.7 Å². The fourth-order valence-corrected chi connectivity index (χ4v) is 1.87. The predicted molar refractivity (Wildman–Crippen MR) is 66.1 cm³/mol. The molecule has 0 saturated carbocycles. The standard InChI is InChI=1S/C11H12N6O2/c1-15-5-8(17(3)11(15)18)10-13-9(14-19-10)7-4-12-6-16(7)2/h4-6H,1-3H3. The Labute approximate surface area is 107 Å². The minimum absolute atomic E-state index is 0.143. The molecule has 19 heavy (non-hydrogen) atoms. The molecule has 0 saturated heterocycles. The molecule has 0 aliphatic heterocycles. The number of aromatic nitrogens is 6. The summed E-state index contributed by atoms with van der Waals surface area (Å²) >= 11 is 0. The van der Waals surface area contributed by atoms with Gasteiger partial charge in [-0.1, -0.05) is 5.16 Å². The third-order valence-electron chi connectivity index (χ3n) is 2.96. The van der Waals surface area contributed by atoms with Crippen LogP contribution in [0.25, 0.3) is 23.1 Å². The van der Waals surface area contributed by atoms with Gasteiger partial charge in [0.2, 0.25) is 5.82 Å². The van der Waals surface area contributed by atoms with E-state index in [9.17, 15) is 4.79 Å². The van der Waals surface area contributed by atoms with Crippen LogP contribution in [0.4, 0.5) is 0 Å². The Bertz CT molecular complexity index is 790. The van der Waals surface area contributed by atoms with Gasteiger partial charge in [0.05, 0.1) is 12.5 Å². The average molecular weight is 260 g/mol. The Balaban J connectivity index is 2.09. The van der Waals surface area contributed by atoms with Crippen molar-refractivity contribution in [2.45, 2.75) is 0 Å². The van der Waals surface area contributed by atoms with Gasteiger partial charge >= 0.3 is 5.69 Å². The summed E-state index contributed by atoms with van der Waals surface area (Å²) in [6.45, 7) is 0. The van der Waals surface area contributed by atoms with E-state index in [1.807, 2.05) is 7.05 Å². The second-order valence-corrected chi connectivity index (χ2v) is 4.28. The van der Waals surface area contributed by atoms with Crippen LogP contribution in [0, 0.1) is 0 Å². The molecule has 0 aromatic carbocycles. The zero-order valence-corrected chi connectivity index (χ0v) is 10.7. The molecule has 0 atom stereocenters. The Morgan fingerprint density at radius 1 is 1.16 bits per heavy atom. The molecule has 0 radical (unpaired) electrons. The molecule has 0 amide bonds. The molecule has 8 nitrogen and oxygen atoms in total. The van der Waals surface area contributed by atoms with Crippen molar-refractivity contribution in [3.05, 3.63) is 29.2 Å². The summed E-state index contributed by atoms with van der Waals surface area (Å²) < 4.78 is 9.91. The van der Waals surface area contributed by atoms with Crippen molar-refractivity contribution in [2.75, 3.05) is 0 Å². The molecule has 8 heteroatoms. The normalized spacial score (nSPS) is 11.1. The molecule has 0 N–H and O–H groups in total. The molecule has 3 aromatic rings. The summed E-state index contributed by atoms with van der Waals surface area (Å²) in [4.78, 5) is 20.0. The molecule has 0 spiro atoms. The van der Waals surface area contributed by atoms with Crippen molar-refractivity contribution in [3.63, 3.8) is 0 Å². The Hall–Kier alpha value is -2.64. The van der Waals surface area contributed by atoms with Gasteiger partial charge in [-0.3, -0.25) is 4.57 Å². The smallest absolute Gasteiger partial charge is 0.328 e. The fourth-order valence-electron chi connectivity index (χ4n) is 1.87. The summed E-state index contributed by atoms with van der Waals surface area (Å²) in [5.74, 6) is 0.739. The average Bonchev–Trinajstić information content (AvgIpc) is 3.06. The van der Waals surface area contributed by atoms with Crippen molar-refractivity contribution in [3.8, 4) is 23.1 Å². The van der Waals surface area contributed by atoms with Gasteiger partial charge < -0.3 is 13.7 Å². The van der Waals surface area contributed by atoms with E-state index < -0.39 is 0 Å². The van der Waals surface area contributed by atoms with E-state index in [1.165, 1.54) is 9.13 Å². The van der Waals surface area contributed by atoms with Crippen LogP contribution >= 0.6 is 0 Å². The lowest BCUT2D eigenvalue weighted by molar-refractivity contribution is 0.429. The van der Waals surface area contributed by atoms with Crippen molar-refractivity contribution >= 4 is 0 Å². The van der Waals surface area contributed by atoms with Crippen LogP contribution in [0.3, 0.4) is 0 Å². The van der Waals surface area contributed by atoms with Crippen LogP contribution in [-0.4, -0.2) is 28.8 Å². The number of rotatable bonds is 2. The highest BCUT2D eigenvalue weighted by molar-refractivity contribution is 5.53. The monoisotopic (exact) mass is 260 g/mol. The summed E-state index contributed by atoms with van der Waals surface area (Å²) in [5, 5.41) is 3.90. The van der Waals surface area contributed by atoms with E-state index in [-0.39, 0.29) is 5.69 Å². The van der Waals surface area contributed by atoms with Crippen molar-refractivity contribution in [1.82, 2.24) is 28.8 Å². The largest absolute Gasteiger partial charge is 0.332 e. The van der Waals surface area contributed by atoms with E-state index in [4.69, 9.17) is 4.52 Å². The van der Waals surface area contributed by atoms with Gasteiger partial charge in [-0.25, -0.2) is 9.78 Å². The molecule has 0 unspecified atom stereocenters. The van der Waals surface area contributed by atoms with Crippen LogP contribution in [-0.2, 0) is 21.1 Å². The number of nitrogens with zero attached hydrogens (tertiary/aromatic N) is 6. The highest BCUT2D eigenvalue weighted by Gasteiger charge is 2.17. The van der Waals surface area contributed by atoms with Gasteiger partial charge in [0, 0.05) is 27.3 Å². The van der Waals surface area contributed by atoms with Crippen molar-refractivity contribution in [2.24, 2.45) is 21.1 Å². The maximum absolute atomic E-state index is 11.7. The molecule has 3 rings (SSSR count). The molecule has 0 aliphatic rings. The molecular weight excluding hydrogens is 248 g/mol. The predicted octanol–water partition coefficient (Wildman–Crippen LogP) is 0.174. The molecule has 98 valence electrons. The van der Waals surface area contributed by atoms with Crippen LogP contribution in [0.5, 0.6) is 0 Å². The maximum Gasteiger partial charge on any atom is 0.328 e. The van der Waals surface area contributed by atoms with Crippen LogP contribution in [0.15, 0.2) is 28.0 Å². The number of hydrogen-bond donors (Lipinski definition) is 0. The maximum atomic E-state index is 11.7. The van der Waals surface area contributed by atoms with Crippen LogP contribution in [0.2, 0.25) is 0 Å². The number of aryl methyl sites for hydroxylation is 2. The molecule has 3 heterocycles. The van der Waals surface area contributed by atoms with Gasteiger partial charge in [0.25, 0.3) is 5.89 Å². The van der Waals surface area contributed by atoms with Gasteiger partial charge in [-0.2, -0.15) is 4.98 Å². The Kier molecular flexibility index (Phi) is 2.37. The van der Waals surface area contributed by atoms with Gasteiger partial charge in [-0.15, -0.1) is 0 Å². The molecule has 0 fully saturated rings. The third-order valence-corrected chi connectivity index (χ3v) is 2.96. The van der Waals surface area contributed by atoms with Gasteiger partial charge in [0.15, 0.2) is 0 Å². The van der Waals surface area contributed by atoms with Crippen molar-refractivity contribution < 1.29 is 4.52 Å². The summed E-state index contributed by atoms with van der Waals surface area (Å²) in [5.41, 5.74) is 1.18. The van der Waals surface area contributed by atoms with Gasteiger partial charge in [-0.05, 0) is 0 Å². The highest BCUT2D eigenvalue weighted by Crippen LogP contribution is 2.20. The molecule has 0 aliphatic carbocycles. The second-order valence-electron chi connectivity index (χ2n) is 4.28. The fraction of sp³-hybridized carbons (Fsp3) is 0.273. The molecule has 0 bridgehead atoms.